The molecule has 0 spiro atoms. The molecule has 2 aromatic heterocycles. The molecule has 3 aromatic rings. The number of amides is 1. The van der Waals surface area contributed by atoms with E-state index in [-0.39, 0.29) is 18.3 Å². The number of aryl methyl sites for hydroxylation is 2. The van der Waals surface area contributed by atoms with Gasteiger partial charge in [0.2, 0.25) is 5.91 Å². The summed E-state index contributed by atoms with van der Waals surface area (Å²) in [5, 5.41) is 14.3. The number of thioether (sulfide) groups is 1. The highest BCUT2D eigenvalue weighted by Gasteiger charge is 2.14. The van der Waals surface area contributed by atoms with Crippen LogP contribution in [0.4, 0.5) is 5.13 Å². The third-order valence-electron chi connectivity index (χ3n) is 3.66. The zero-order valence-electron chi connectivity index (χ0n) is 15.7. The topological polar surface area (TPSA) is 81.9 Å². The number of allylic oxidation sites excluding steroid dienone is 1. The number of rotatable bonds is 9. The zero-order chi connectivity index (χ0) is 19.9. The van der Waals surface area contributed by atoms with Crippen molar-refractivity contribution in [1.29, 1.82) is 0 Å². The van der Waals surface area contributed by atoms with Crippen molar-refractivity contribution in [2.75, 3.05) is 11.1 Å². The Morgan fingerprint density at radius 2 is 2.25 bits per heavy atom. The van der Waals surface area contributed by atoms with Gasteiger partial charge in [0.05, 0.1) is 11.4 Å². The van der Waals surface area contributed by atoms with Gasteiger partial charge in [-0.3, -0.25) is 9.36 Å². The molecule has 0 radical (unpaired) electrons. The summed E-state index contributed by atoms with van der Waals surface area (Å²) < 4.78 is 7.72. The molecular weight excluding hydrogens is 394 g/mol. The number of hydrogen-bond acceptors (Lipinski definition) is 7. The molecule has 0 fully saturated rings. The van der Waals surface area contributed by atoms with Gasteiger partial charge in [0.1, 0.15) is 12.4 Å². The molecule has 3 rings (SSSR count). The minimum absolute atomic E-state index is 0.134. The van der Waals surface area contributed by atoms with Gasteiger partial charge in [-0.05, 0) is 31.5 Å². The molecule has 0 aliphatic rings. The zero-order valence-corrected chi connectivity index (χ0v) is 17.3. The van der Waals surface area contributed by atoms with Crippen LogP contribution in [0.1, 0.15) is 17.1 Å². The second kappa shape index (κ2) is 9.52. The Morgan fingerprint density at radius 1 is 1.39 bits per heavy atom. The molecule has 0 bridgehead atoms. The molecule has 2 heterocycles. The number of ether oxygens (including phenoxy) is 1. The number of nitrogens with zero attached hydrogens (tertiary/aromatic N) is 4. The molecule has 1 aromatic carbocycles. The number of hydrogen-bond donors (Lipinski definition) is 1. The number of anilines is 1. The minimum Gasteiger partial charge on any atom is -0.486 e. The van der Waals surface area contributed by atoms with Gasteiger partial charge in [-0.1, -0.05) is 30.0 Å². The van der Waals surface area contributed by atoms with Gasteiger partial charge in [-0.15, -0.1) is 28.1 Å². The van der Waals surface area contributed by atoms with E-state index in [2.05, 4.69) is 27.1 Å². The van der Waals surface area contributed by atoms with Crippen molar-refractivity contribution in [3.63, 3.8) is 0 Å². The van der Waals surface area contributed by atoms with Crippen LogP contribution in [0.5, 0.6) is 5.75 Å². The van der Waals surface area contributed by atoms with Crippen LogP contribution in [0.25, 0.3) is 0 Å². The van der Waals surface area contributed by atoms with Crippen LogP contribution in [-0.2, 0) is 17.9 Å². The summed E-state index contributed by atoms with van der Waals surface area (Å²) in [6.07, 6.45) is 1.77. The maximum Gasteiger partial charge on any atom is 0.236 e. The van der Waals surface area contributed by atoms with Gasteiger partial charge in [0.15, 0.2) is 16.1 Å². The molecule has 146 valence electrons. The number of carbonyl (C=O) groups excluding carboxylic acids is 1. The van der Waals surface area contributed by atoms with Crippen LogP contribution >= 0.6 is 23.1 Å². The average Bonchev–Trinajstić information content (AvgIpc) is 3.24. The number of carbonyl (C=O) groups is 1. The van der Waals surface area contributed by atoms with Gasteiger partial charge in [0.25, 0.3) is 0 Å². The monoisotopic (exact) mass is 415 g/mol. The fourth-order valence-electron chi connectivity index (χ4n) is 2.39. The van der Waals surface area contributed by atoms with Gasteiger partial charge < -0.3 is 10.1 Å². The summed E-state index contributed by atoms with van der Waals surface area (Å²) in [7, 11) is 0. The molecule has 0 saturated carbocycles. The molecule has 0 saturated heterocycles. The lowest BCUT2D eigenvalue weighted by molar-refractivity contribution is -0.113. The normalized spacial score (nSPS) is 10.6. The van der Waals surface area contributed by atoms with E-state index in [9.17, 15) is 4.79 Å². The van der Waals surface area contributed by atoms with Crippen LogP contribution in [0, 0.1) is 13.8 Å². The van der Waals surface area contributed by atoms with Crippen LogP contribution in [0.15, 0.2) is 47.5 Å². The Labute approximate surface area is 171 Å². The largest absolute Gasteiger partial charge is 0.486 e. The Morgan fingerprint density at radius 3 is 2.96 bits per heavy atom. The van der Waals surface area contributed by atoms with E-state index in [0.29, 0.717) is 22.7 Å². The molecule has 0 atom stereocenters. The van der Waals surface area contributed by atoms with Gasteiger partial charge >= 0.3 is 0 Å². The number of benzene rings is 1. The van der Waals surface area contributed by atoms with Crippen molar-refractivity contribution in [3.05, 3.63) is 59.4 Å². The van der Waals surface area contributed by atoms with E-state index < -0.39 is 0 Å². The Balaban J connectivity index is 1.61. The Bertz CT molecular complexity index is 967. The molecule has 0 unspecified atom stereocenters. The van der Waals surface area contributed by atoms with Crippen LogP contribution in [0.2, 0.25) is 0 Å². The highest BCUT2D eigenvalue weighted by Crippen LogP contribution is 2.20. The highest BCUT2D eigenvalue weighted by molar-refractivity contribution is 7.99. The minimum atomic E-state index is -0.134. The molecule has 0 aliphatic carbocycles. The summed E-state index contributed by atoms with van der Waals surface area (Å²) >= 11 is 2.72. The van der Waals surface area contributed by atoms with Crippen LogP contribution in [-0.4, -0.2) is 31.4 Å². The van der Waals surface area contributed by atoms with Crippen molar-refractivity contribution in [2.45, 2.75) is 32.2 Å². The van der Waals surface area contributed by atoms with E-state index in [1.165, 1.54) is 23.1 Å². The smallest absolute Gasteiger partial charge is 0.236 e. The highest BCUT2D eigenvalue weighted by atomic mass is 32.2. The maximum absolute atomic E-state index is 12.1. The van der Waals surface area contributed by atoms with E-state index in [1.54, 1.807) is 6.08 Å². The molecule has 1 amide bonds. The SMILES string of the molecule is C=CCn1c(COc2cccc(C)c2)nnc1SCC(=O)Nc1nc(C)cs1. The molecular formula is C19H21N5O2S2. The lowest BCUT2D eigenvalue weighted by Gasteiger charge is -2.09. The van der Waals surface area contributed by atoms with Crippen molar-refractivity contribution < 1.29 is 9.53 Å². The number of nitrogens with one attached hydrogen (secondary N) is 1. The first-order valence-electron chi connectivity index (χ1n) is 8.62. The summed E-state index contributed by atoms with van der Waals surface area (Å²) in [6.45, 7) is 8.51. The molecule has 7 nitrogen and oxygen atoms in total. The van der Waals surface area contributed by atoms with Crippen LogP contribution < -0.4 is 10.1 Å². The summed E-state index contributed by atoms with van der Waals surface area (Å²) in [4.78, 5) is 16.4. The fraction of sp³-hybridized carbons (Fsp3) is 0.263. The van der Waals surface area contributed by atoms with Crippen LogP contribution in [0.3, 0.4) is 0 Å². The average molecular weight is 416 g/mol. The first-order chi connectivity index (χ1) is 13.5. The second-order valence-electron chi connectivity index (χ2n) is 6.03. The van der Waals surface area contributed by atoms with Crippen molar-refractivity contribution in [2.24, 2.45) is 0 Å². The quantitative estimate of drug-likeness (QED) is 0.422. The fourth-order valence-corrected chi connectivity index (χ4v) is 3.87. The standard InChI is InChI=1S/C19H21N5O2S2/c1-4-8-24-16(10-26-15-7-5-6-13(2)9-15)22-23-19(24)28-12-17(25)21-18-20-14(3)11-27-18/h4-7,9,11H,1,8,10,12H2,2-3H3,(H,20,21,25). The molecule has 1 N–H and O–H groups in total. The van der Waals surface area contributed by atoms with E-state index >= 15 is 0 Å². The van der Waals surface area contributed by atoms with E-state index in [1.807, 2.05) is 48.1 Å². The Hall–Kier alpha value is -2.65. The van der Waals surface area contributed by atoms with Crippen molar-refractivity contribution in [1.82, 2.24) is 19.7 Å². The van der Waals surface area contributed by atoms with Gasteiger partial charge in [-0.25, -0.2) is 4.98 Å². The van der Waals surface area contributed by atoms with E-state index in [0.717, 1.165) is 17.0 Å². The third kappa shape index (κ3) is 5.43. The maximum atomic E-state index is 12.1. The molecule has 0 aliphatic heterocycles. The predicted molar refractivity (Wildman–Crippen MR) is 112 cm³/mol. The first kappa shape index (κ1) is 20.1. The van der Waals surface area contributed by atoms with Gasteiger partial charge in [-0.2, -0.15) is 0 Å². The first-order valence-corrected chi connectivity index (χ1v) is 10.5. The number of aromatic nitrogens is 4. The number of thiazole rings is 1. The van der Waals surface area contributed by atoms with Crippen molar-refractivity contribution >= 4 is 34.1 Å². The summed E-state index contributed by atoms with van der Waals surface area (Å²) in [6, 6.07) is 7.83. The Kier molecular flexibility index (Phi) is 6.83. The van der Waals surface area contributed by atoms with Gasteiger partial charge in [0, 0.05) is 11.9 Å². The molecule has 9 heteroatoms. The lowest BCUT2D eigenvalue weighted by atomic mass is 10.2. The predicted octanol–water partition coefficient (Wildman–Crippen LogP) is 3.85. The summed E-state index contributed by atoms with van der Waals surface area (Å²) in [5.41, 5.74) is 2.01. The van der Waals surface area contributed by atoms with E-state index in [4.69, 9.17) is 4.74 Å². The lowest BCUT2D eigenvalue weighted by Crippen LogP contribution is -2.15. The molecule has 28 heavy (non-hydrogen) atoms. The third-order valence-corrected chi connectivity index (χ3v) is 5.50. The second-order valence-corrected chi connectivity index (χ2v) is 7.83. The van der Waals surface area contributed by atoms with Crippen molar-refractivity contribution in [3.8, 4) is 5.75 Å². The summed E-state index contributed by atoms with van der Waals surface area (Å²) in [5.74, 6) is 1.54.